The van der Waals surface area contributed by atoms with Gasteiger partial charge in [0.2, 0.25) is 5.91 Å². The van der Waals surface area contributed by atoms with E-state index in [0.717, 1.165) is 5.56 Å². The normalized spacial score (nSPS) is 16.8. The van der Waals surface area contributed by atoms with Crippen LogP contribution in [0.2, 0.25) is 0 Å². The standard InChI is InChI=1S/C27H34N8O4/c1-27(2)17-33(3)15-24(37)35(27)14-19-10-18-6-5-8-34(25(18)31-22(19)16-36)26(38)32-23-11-21(29-7-9-39-4)20(12-28)13-30-23/h10-11,13,16H,5-9,14-15,17H2,1-4H3,(H2,29,30,32,38). The molecule has 0 atom stereocenters. The molecule has 12 nitrogen and oxygen atoms in total. The Morgan fingerprint density at radius 1 is 1.33 bits per heavy atom. The van der Waals surface area contributed by atoms with Crippen LogP contribution in [0, 0.1) is 11.3 Å². The Hall–Kier alpha value is -4.08. The second-order valence-electron chi connectivity index (χ2n) is 10.4. The van der Waals surface area contributed by atoms with Crippen molar-refractivity contribution in [2.24, 2.45) is 0 Å². The number of aromatic nitrogens is 2. The van der Waals surface area contributed by atoms with Crippen LogP contribution in [0.25, 0.3) is 0 Å². The number of carbonyl (C=O) groups is 3. The second-order valence-corrected chi connectivity index (χ2v) is 10.4. The summed E-state index contributed by atoms with van der Waals surface area (Å²) in [4.78, 5) is 52.3. The number of nitrogens with one attached hydrogen (secondary N) is 2. The van der Waals surface area contributed by atoms with Gasteiger partial charge in [-0.05, 0) is 45.4 Å². The Morgan fingerprint density at radius 2 is 2.13 bits per heavy atom. The maximum atomic E-state index is 13.3. The molecule has 0 spiro atoms. The molecule has 0 aromatic carbocycles. The highest BCUT2D eigenvalue weighted by atomic mass is 16.5. The number of likely N-dealkylation sites (N-methyl/N-ethyl adjacent to an activating group) is 1. The zero-order valence-corrected chi connectivity index (χ0v) is 22.8. The maximum Gasteiger partial charge on any atom is 0.328 e. The Kier molecular flexibility index (Phi) is 8.42. The minimum Gasteiger partial charge on any atom is -0.383 e. The Labute approximate surface area is 227 Å². The summed E-state index contributed by atoms with van der Waals surface area (Å²) >= 11 is 0. The van der Waals surface area contributed by atoms with E-state index in [4.69, 9.17) is 4.74 Å². The van der Waals surface area contributed by atoms with Crippen LogP contribution in [-0.4, -0.2) is 90.5 Å². The van der Waals surface area contributed by atoms with Gasteiger partial charge in [-0.1, -0.05) is 0 Å². The Bertz CT molecular complexity index is 1310. The van der Waals surface area contributed by atoms with E-state index in [1.807, 2.05) is 31.9 Å². The van der Waals surface area contributed by atoms with E-state index in [9.17, 15) is 19.6 Å². The van der Waals surface area contributed by atoms with Gasteiger partial charge in [-0.2, -0.15) is 5.26 Å². The molecule has 2 N–H and O–H groups in total. The van der Waals surface area contributed by atoms with Crippen LogP contribution >= 0.6 is 0 Å². The number of aldehydes is 1. The lowest BCUT2D eigenvalue weighted by Crippen LogP contribution is -2.60. The molecule has 2 aliphatic heterocycles. The lowest BCUT2D eigenvalue weighted by Gasteiger charge is -2.46. The molecule has 1 fully saturated rings. The first-order valence-electron chi connectivity index (χ1n) is 12.8. The molecule has 3 amide bonds. The van der Waals surface area contributed by atoms with Gasteiger partial charge in [0.25, 0.3) is 0 Å². The number of nitrogens with zero attached hydrogens (tertiary/aromatic N) is 6. The predicted octanol–water partition coefficient (Wildman–Crippen LogP) is 2.26. The van der Waals surface area contributed by atoms with Crippen LogP contribution in [0.5, 0.6) is 0 Å². The molecule has 2 aliphatic rings. The van der Waals surface area contributed by atoms with Gasteiger partial charge < -0.3 is 15.0 Å². The number of anilines is 3. The molecule has 39 heavy (non-hydrogen) atoms. The molecule has 4 heterocycles. The van der Waals surface area contributed by atoms with E-state index < -0.39 is 11.6 Å². The van der Waals surface area contributed by atoms with Gasteiger partial charge in [0.15, 0.2) is 6.29 Å². The zero-order valence-electron chi connectivity index (χ0n) is 22.8. The third kappa shape index (κ3) is 6.16. The quantitative estimate of drug-likeness (QED) is 0.385. The van der Waals surface area contributed by atoms with E-state index in [2.05, 4.69) is 26.7 Å². The van der Waals surface area contributed by atoms with E-state index in [1.54, 1.807) is 18.1 Å². The molecule has 2 aromatic heterocycles. The SMILES string of the molecule is COCCNc1cc(NC(=O)N2CCCc3cc(CN4C(=O)CN(C)CC4(C)C)c(C=O)nc32)ncc1C#N. The van der Waals surface area contributed by atoms with Gasteiger partial charge >= 0.3 is 6.03 Å². The number of fused-ring (bicyclic) bond motifs is 1. The highest BCUT2D eigenvalue weighted by Crippen LogP contribution is 2.30. The third-order valence-corrected chi connectivity index (χ3v) is 6.93. The summed E-state index contributed by atoms with van der Waals surface area (Å²) in [5.74, 6) is 0.685. The lowest BCUT2D eigenvalue weighted by atomic mass is 9.96. The van der Waals surface area contributed by atoms with Crippen LogP contribution in [0.4, 0.5) is 22.1 Å². The smallest absolute Gasteiger partial charge is 0.328 e. The summed E-state index contributed by atoms with van der Waals surface area (Å²) in [6, 6.07) is 5.13. The molecule has 0 unspecified atom stereocenters. The molecule has 1 saturated heterocycles. The number of nitriles is 1. The summed E-state index contributed by atoms with van der Waals surface area (Å²) in [5, 5.41) is 15.3. The first-order valence-corrected chi connectivity index (χ1v) is 12.8. The summed E-state index contributed by atoms with van der Waals surface area (Å²) < 4.78 is 5.04. The van der Waals surface area contributed by atoms with Crippen molar-refractivity contribution in [1.82, 2.24) is 19.8 Å². The molecular formula is C27H34N8O4. The highest BCUT2D eigenvalue weighted by Gasteiger charge is 2.38. The van der Waals surface area contributed by atoms with Gasteiger partial charge in [-0.15, -0.1) is 0 Å². The number of hydrogen-bond acceptors (Lipinski definition) is 9. The van der Waals surface area contributed by atoms with E-state index in [1.165, 1.54) is 11.1 Å². The lowest BCUT2D eigenvalue weighted by molar-refractivity contribution is -0.144. The van der Waals surface area contributed by atoms with Gasteiger partial charge in [0, 0.05) is 51.1 Å². The second kappa shape index (κ2) is 11.8. The molecule has 0 aliphatic carbocycles. The van der Waals surface area contributed by atoms with Crippen molar-refractivity contribution < 1.29 is 19.1 Å². The van der Waals surface area contributed by atoms with E-state index >= 15 is 0 Å². The van der Waals surface area contributed by atoms with Gasteiger partial charge in [-0.25, -0.2) is 14.8 Å². The largest absolute Gasteiger partial charge is 0.383 e. The van der Waals surface area contributed by atoms with Crippen molar-refractivity contribution in [3.63, 3.8) is 0 Å². The molecule has 206 valence electrons. The number of methoxy groups -OCH3 is 1. The maximum absolute atomic E-state index is 13.3. The third-order valence-electron chi connectivity index (χ3n) is 6.93. The molecule has 0 saturated carbocycles. The summed E-state index contributed by atoms with van der Waals surface area (Å²) in [6.45, 7) is 6.68. The minimum absolute atomic E-state index is 0.00433. The molecule has 2 aromatic rings. The molecule has 0 bridgehead atoms. The van der Waals surface area contributed by atoms with Gasteiger partial charge in [0.05, 0.1) is 29.9 Å². The number of aryl methyl sites for hydroxylation is 1. The number of ether oxygens (including phenoxy) is 1. The molecule has 0 radical (unpaired) electrons. The zero-order chi connectivity index (χ0) is 28.2. The van der Waals surface area contributed by atoms with Crippen LogP contribution in [-0.2, 0) is 22.5 Å². The Morgan fingerprint density at radius 3 is 2.82 bits per heavy atom. The number of amides is 3. The molecule has 12 heteroatoms. The van der Waals surface area contributed by atoms with Crippen LogP contribution < -0.4 is 15.5 Å². The van der Waals surface area contributed by atoms with Crippen molar-refractivity contribution in [3.8, 4) is 6.07 Å². The number of pyridine rings is 2. The number of carbonyl (C=O) groups excluding carboxylic acids is 3. The van der Waals surface area contributed by atoms with E-state index in [-0.39, 0.29) is 24.0 Å². The number of urea groups is 1. The van der Waals surface area contributed by atoms with Crippen LogP contribution in [0.15, 0.2) is 18.3 Å². The number of piperazine rings is 1. The van der Waals surface area contributed by atoms with Crippen molar-refractivity contribution in [3.05, 3.63) is 40.7 Å². The predicted molar refractivity (Wildman–Crippen MR) is 146 cm³/mol. The van der Waals surface area contributed by atoms with Crippen molar-refractivity contribution in [2.45, 2.75) is 38.8 Å². The highest BCUT2D eigenvalue weighted by molar-refractivity contribution is 6.02. The van der Waals surface area contributed by atoms with Gasteiger partial charge in [-0.3, -0.25) is 24.7 Å². The average Bonchev–Trinajstić information content (AvgIpc) is 2.89. The van der Waals surface area contributed by atoms with Crippen molar-refractivity contribution in [2.75, 3.05) is 62.5 Å². The monoisotopic (exact) mass is 534 g/mol. The first kappa shape index (κ1) is 27.9. The fourth-order valence-electron chi connectivity index (χ4n) is 5.14. The number of hydrogen-bond donors (Lipinski definition) is 2. The van der Waals surface area contributed by atoms with Crippen molar-refractivity contribution in [1.29, 1.82) is 5.26 Å². The van der Waals surface area contributed by atoms with Gasteiger partial charge in [0.1, 0.15) is 23.4 Å². The minimum atomic E-state index is -0.441. The van der Waals surface area contributed by atoms with Crippen LogP contribution in [0.1, 0.15) is 47.4 Å². The van der Waals surface area contributed by atoms with Crippen molar-refractivity contribution >= 4 is 35.5 Å². The van der Waals surface area contributed by atoms with Crippen LogP contribution in [0.3, 0.4) is 0 Å². The first-order chi connectivity index (χ1) is 18.7. The molecular weight excluding hydrogens is 500 g/mol. The summed E-state index contributed by atoms with van der Waals surface area (Å²) in [6.07, 6.45) is 3.48. The summed E-state index contributed by atoms with van der Waals surface area (Å²) in [7, 11) is 3.50. The number of rotatable bonds is 8. The molecule has 4 rings (SSSR count). The summed E-state index contributed by atoms with van der Waals surface area (Å²) in [5.41, 5.74) is 2.18. The van der Waals surface area contributed by atoms with E-state index in [0.29, 0.717) is 74.5 Å². The fraction of sp³-hybridized carbons (Fsp3) is 0.481. The topological polar surface area (TPSA) is 144 Å². The Balaban J connectivity index is 1.56. The fourth-order valence-corrected chi connectivity index (χ4v) is 5.14. The average molecular weight is 535 g/mol.